The maximum atomic E-state index is 10.9. The van der Waals surface area contributed by atoms with E-state index in [1.165, 1.54) is 7.11 Å². The maximum absolute atomic E-state index is 10.9. The van der Waals surface area contributed by atoms with Crippen LogP contribution in [0.4, 0.5) is 0 Å². The Balaban J connectivity index is 2.70. The lowest BCUT2D eigenvalue weighted by Crippen LogP contribution is -2.05. The summed E-state index contributed by atoms with van der Waals surface area (Å²) in [6.07, 6.45) is 0. The first-order chi connectivity index (χ1) is 5.77. The van der Waals surface area contributed by atoms with Crippen molar-refractivity contribution in [2.45, 2.75) is 6.54 Å². The lowest BCUT2D eigenvalue weighted by Gasteiger charge is -1.91. The van der Waals surface area contributed by atoms with Gasteiger partial charge in [0.05, 0.1) is 7.11 Å². The molecule has 0 aromatic carbocycles. The van der Waals surface area contributed by atoms with Crippen molar-refractivity contribution in [3.8, 4) is 0 Å². The van der Waals surface area contributed by atoms with Gasteiger partial charge in [0.25, 0.3) is 0 Å². The number of aromatic amines is 1. The second-order valence-corrected chi connectivity index (χ2v) is 2.30. The number of nitrogens with one attached hydrogen (secondary N) is 2. The van der Waals surface area contributed by atoms with E-state index >= 15 is 0 Å². The highest BCUT2D eigenvalue weighted by Gasteiger charge is 2.08. The number of carbonyl (C=O) groups excluding carboxylic acids is 1. The number of carbonyl (C=O) groups is 1. The van der Waals surface area contributed by atoms with Gasteiger partial charge in [0.1, 0.15) is 0 Å². The van der Waals surface area contributed by atoms with E-state index < -0.39 is 5.97 Å². The third kappa shape index (κ3) is 1.82. The summed E-state index contributed by atoms with van der Waals surface area (Å²) in [5.74, 6) is -0.423. The lowest BCUT2D eigenvalue weighted by molar-refractivity contribution is 0.0594. The minimum atomic E-state index is -0.423. The van der Waals surface area contributed by atoms with E-state index in [1.807, 2.05) is 7.05 Å². The van der Waals surface area contributed by atoms with Crippen molar-refractivity contribution >= 4 is 5.97 Å². The minimum absolute atomic E-state index is 0.308. The molecule has 66 valence electrons. The molecule has 0 unspecified atom stereocenters. The minimum Gasteiger partial charge on any atom is -0.464 e. The predicted octanol–water partition coefficient (Wildman–Crippen LogP) is -0.0843. The molecule has 1 aromatic heterocycles. The van der Waals surface area contributed by atoms with Crippen molar-refractivity contribution in [1.29, 1.82) is 0 Å². The van der Waals surface area contributed by atoms with E-state index in [-0.39, 0.29) is 0 Å². The van der Waals surface area contributed by atoms with Crippen LogP contribution in [0.5, 0.6) is 0 Å². The molecular formula is C7H11N3O2. The number of ether oxygens (including phenoxy) is 1. The fourth-order valence-electron chi connectivity index (χ4n) is 0.852. The fraction of sp³-hybridized carbons (Fsp3) is 0.429. The van der Waals surface area contributed by atoms with E-state index in [2.05, 4.69) is 20.3 Å². The molecule has 0 saturated heterocycles. The van der Waals surface area contributed by atoms with Gasteiger partial charge in [-0.15, -0.1) is 0 Å². The Morgan fingerprint density at radius 1 is 1.83 bits per heavy atom. The molecule has 0 aliphatic rings. The highest BCUT2D eigenvalue weighted by Crippen LogP contribution is 2.00. The van der Waals surface area contributed by atoms with Gasteiger partial charge in [0.15, 0.2) is 5.69 Å². The molecular weight excluding hydrogens is 158 g/mol. The van der Waals surface area contributed by atoms with Gasteiger partial charge in [-0.25, -0.2) is 4.79 Å². The van der Waals surface area contributed by atoms with Crippen molar-refractivity contribution < 1.29 is 9.53 Å². The zero-order valence-corrected chi connectivity index (χ0v) is 7.05. The van der Waals surface area contributed by atoms with Crippen LogP contribution in [0.1, 0.15) is 16.2 Å². The molecule has 12 heavy (non-hydrogen) atoms. The zero-order valence-electron chi connectivity index (χ0n) is 7.05. The zero-order chi connectivity index (χ0) is 8.97. The van der Waals surface area contributed by atoms with Crippen LogP contribution in [0.3, 0.4) is 0 Å². The van der Waals surface area contributed by atoms with Gasteiger partial charge in [-0.2, -0.15) is 5.10 Å². The van der Waals surface area contributed by atoms with Crippen LogP contribution in [0.15, 0.2) is 6.07 Å². The van der Waals surface area contributed by atoms with Gasteiger partial charge < -0.3 is 10.1 Å². The first kappa shape index (κ1) is 8.73. The second kappa shape index (κ2) is 3.87. The van der Waals surface area contributed by atoms with Crippen molar-refractivity contribution in [1.82, 2.24) is 15.5 Å². The molecule has 0 aliphatic carbocycles. The Bertz CT molecular complexity index is 269. The average Bonchev–Trinajstić information content (AvgIpc) is 2.52. The number of rotatable bonds is 3. The fourth-order valence-corrected chi connectivity index (χ4v) is 0.852. The number of methoxy groups -OCH3 is 1. The second-order valence-electron chi connectivity index (χ2n) is 2.30. The van der Waals surface area contributed by atoms with Crippen LogP contribution in [0.25, 0.3) is 0 Å². The Kier molecular flexibility index (Phi) is 2.82. The molecule has 1 heterocycles. The van der Waals surface area contributed by atoms with Crippen molar-refractivity contribution in [3.05, 3.63) is 17.5 Å². The summed E-state index contributed by atoms with van der Waals surface area (Å²) < 4.78 is 4.49. The standard InChI is InChI=1S/C7H11N3O2/c1-8-4-5-3-6(10-9-5)7(11)12-2/h3,8H,4H2,1-2H3,(H,9,10). The van der Waals surface area contributed by atoms with Crippen LogP contribution in [-0.2, 0) is 11.3 Å². The van der Waals surface area contributed by atoms with E-state index in [0.29, 0.717) is 12.2 Å². The molecule has 0 saturated carbocycles. The summed E-state index contributed by atoms with van der Waals surface area (Å²) in [7, 11) is 3.15. The Morgan fingerprint density at radius 2 is 2.58 bits per heavy atom. The van der Waals surface area contributed by atoms with Gasteiger partial charge in [-0.1, -0.05) is 0 Å². The molecule has 2 N–H and O–H groups in total. The number of nitrogens with zero attached hydrogens (tertiary/aromatic N) is 1. The largest absolute Gasteiger partial charge is 0.464 e. The van der Waals surface area contributed by atoms with Crippen molar-refractivity contribution in [3.63, 3.8) is 0 Å². The third-order valence-corrected chi connectivity index (χ3v) is 1.39. The number of H-pyrrole nitrogens is 1. The summed E-state index contributed by atoms with van der Waals surface area (Å²) in [5.41, 5.74) is 1.17. The highest BCUT2D eigenvalue weighted by molar-refractivity contribution is 5.87. The van der Waals surface area contributed by atoms with E-state index in [9.17, 15) is 4.79 Å². The topological polar surface area (TPSA) is 67.0 Å². The Morgan fingerprint density at radius 3 is 3.17 bits per heavy atom. The molecule has 0 spiro atoms. The van der Waals surface area contributed by atoms with Gasteiger partial charge in [0, 0.05) is 12.2 Å². The smallest absolute Gasteiger partial charge is 0.358 e. The summed E-state index contributed by atoms with van der Waals surface area (Å²) >= 11 is 0. The number of hydrogen-bond donors (Lipinski definition) is 2. The summed E-state index contributed by atoms with van der Waals surface area (Å²) in [6, 6.07) is 1.66. The van der Waals surface area contributed by atoms with E-state index in [0.717, 1.165) is 5.69 Å². The van der Waals surface area contributed by atoms with Crippen LogP contribution in [0.2, 0.25) is 0 Å². The first-order valence-corrected chi connectivity index (χ1v) is 3.55. The summed E-state index contributed by atoms with van der Waals surface area (Å²) in [4.78, 5) is 10.9. The molecule has 5 heteroatoms. The molecule has 0 amide bonds. The van der Waals surface area contributed by atoms with Gasteiger partial charge in [-0.3, -0.25) is 5.10 Å². The quantitative estimate of drug-likeness (QED) is 0.621. The Hall–Kier alpha value is -1.36. The van der Waals surface area contributed by atoms with Crippen LogP contribution in [0, 0.1) is 0 Å². The number of esters is 1. The van der Waals surface area contributed by atoms with Gasteiger partial charge in [-0.05, 0) is 13.1 Å². The maximum Gasteiger partial charge on any atom is 0.358 e. The molecule has 0 aliphatic heterocycles. The molecule has 0 atom stereocenters. The van der Waals surface area contributed by atoms with Crippen LogP contribution < -0.4 is 5.32 Å². The van der Waals surface area contributed by atoms with Crippen LogP contribution in [-0.4, -0.2) is 30.3 Å². The number of hydrogen-bond acceptors (Lipinski definition) is 4. The third-order valence-electron chi connectivity index (χ3n) is 1.39. The molecule has 0 bridgehead atoms. The SMILES string of the molecule is CNCc1cc(C(=O)OC)n[nH]1. The van der Waals surface area contributed by atoms with Crippen molar-refractivity contribution in [2.75, 3.05) is 14.2 Å². The van der Waals surface area contributed by atoms with Crippen LogP contribution >= 0.6 is 0 Å². The normalized spacial score (nSPS) is 9.83. The molecule has 1 rings (SSSR count). The molecule has 5 nitrogen and oxygen atoms in total. The molecule has 0 radical (unpaired) electrons. The number of aromatic nitrogens is 2. The van der Waals surface area contributed by atoms with Gasteiger partial charge >= 0.3 is 5.97 Å². The predicted molar refractivity (Wildman–Crippen MR) is 42.7 cm³/mol. The monoisotopic (exact) mass is 169 g/mol. The van der Waals surface area contributed by atoms with E-state index in [1.54, 1.807) is 6.07 Å². The van der Waals surface area contributed by atoms with Gasteiger partial charge in [0.2, 0.25) is 0 Å². The molecule has 0 fully saturated rings. The summed E-state index contributed by atoms with van der Waals surface area (Å²) in [5, 5.41) is 9.41. The Labute approximate surface area is 70.1 Å². The van der Waals surface area contributed by atoms with E-state index in [4.69, 9.17) is 0 Å². The highest BCUT2D eigenvalue weighted by atomic mass is 16.5. The van der Waals surface area contributed by atoms with Crippen molar-refractivity contribution in [2.24, 2.45) is 0 Å². The average molecular weight is 169 g/mol. The lowest BCUT2D eigenvalue weighted by atomic mass is 10.3. The molecule has 1 aromatic rings. The first-order valence-electron chi connectivity index (χ1n) is 3.55. The summed E-state index contributed by atoms with van der Waals surface area (Å²) in [6.45, 7) is 0.657.